The summed E-state index contributed by atoms with van der Waals surface area (Å²) < 4.78 is 17.4. The number of carbonyl (C=O) groups is 3. The maximum Gasteiger partial charge on any atom is 0.335 e. The van der Waals surface area contributed by atoms with Gasteiger partial charge in [-0.3, -0.25) is 14.9 Å². The van der Waals surface area contributed by atoms with Crippen molar-refractivity contribution in [2.24, 2.45) is 0 Å². The first-order valence-corrected chi connectivity index (χ1v) is 11.7. The molecule has 0 bridgehead atoms. The quantitative estimate of drug-likeness (QED) is 0.275. The second-order valence-corrected chi connectivity index (χ2v) is 8.71. The highest BCUT2D eigenvalue weighted by atomic mass is 79.9. The molecule has 1 heterocycles. The lowest BCUT2D eigenvalue weighted by atomic mass is 10.1. The number of imide groups is 2. The standard InChI is InChI=1S/C25H27BrN2O6/c1-5-6-11-33-18-9-7-17(8-10-18)28-24(30)19(23(29)27-25(28)31)12-16-13-20(26)22(34-15(2)3)21(14-16)32-4/h7-10,12-15H,5-6,11H2,1-4H3,(H,27,29,31)/b19-12-. The zero-order valence-corrected chi connectivity index (χ0v) is 21.1. The molecule has 9 heteroatoms. The maximum atomic E-state index is 13.2. The number of nitrogens with zero attached hydrogens (tertiary/aromatic N) is 1. The highest BCUT2D eigenvalue weighted by Crippen LogP contribution is 2.38. The van der Waals surface area contributed by atoms with Crippen molar-refractivity contribution in [1.29, 1.82) is 0 Å². The first-order chi connectivity index (χ1) is 16.2. The topological polar surface area (TPSA) is 94.2 Å². The summed E-state index contributed by atoms with van der Waals surface area (Å²) in [6.45, 7) is 6.44. The van der Waals surface area contributed by atoms with Crippen molar-refractivity contribution in [2.75, 3.05) is 18.6 Å². The largest absolute Gasteiger partial charge is 0.494 e. The lowest BCUT2D eigenvalue weighted by Crippen LogP contribution is -2.54. The maximum absolute atomic E-state index is 13.2. The first kappa shape index (κ1) is 25.3. The molecule has 1 N–H and O–H groups in total. The average Bonchev–Trinajstić information content (AvgIpc) is 2.79. The van der Waals surface area contributed by atoms with Crippen molar-refractivity contribution in [3.8, 4) is 17.2 Å². The number of hydrogen-bond acceptors (Lipinski definition) is 6. The van der Waals surface area contributed by atoms with Crippen molar-refractivity contribution >= 4 is 45.5 Å². The molecule has 0 aliphatic carbocycles. The van der Waals surface area contributed by atoms with Gasteiger partial charge in [0, 0.05) is 0 Å². The molecule has 0 aromatic heterocycles. The van der Waals surface area contributed by atoms with Gasteiger partial charge in [0.15, 0.2) is 11.5 Å². The molecule has 3 rings (SSSR count). The Bertz CT molecular complexity index is 1110. The van der Waals surface area contributed by atoms with Crippen LogP contribution in [-0.2, 0) is 9.59 Å². The van der Waals surface area contributed by atoms with Gasteiger partial charge in [0.1, 0.15) is 11.3 Å². The van der Waals surface area contributed by atoms with Crippen LogP contribution in [0.25, 0.3) is 6.08 Å². The molecule has 4 amide bonds. The number of hydrogen-bond donors (Lipinski definition) is 1. The summed E-state index contributed by atoms with van der Waals surface area (Å²) >= 11 is 3.45. The van der Waals surface area contributed by atoms with Gasteiger partial charge in [0.2, 0.25) is 0 Å². The number of methoxy groups -OCH3 is 1. The van der Waals surface area contributed by atoms with E-state index < -0.39 is 17.8 Å². The molecule has 1 saturated heterocycles. The summed E-state index contributed by atoms with van der Waals surface area (Å²) in [6.07, 6.45) is 3.27. The highest BCUT2D eigenvalue weighted by Gasteiger charge is 2.37. The van der Waals surface area contributed by atoms with Gasteiger partial charge in [-0.1, -0.05) is 13.3 Å². The third-order valence-electron chi connectivity index (χ3n) is 4.88. The van der Waals surface area contributed by atoms with Crippen LogP contribution in [0.1, 0.15) is 39.2 Å². The van der Waals surface area contributed by atoms with Crippen molar-refractivity contribution < 1.29 is 28.6 Å². The molecule has 8 nitrogen and oxygen atoms in total. The fourth-order valence-electron chi connectivity index (χ4n) is 3.26. The van der Waals surface area contributed by atoms with E-state index in [0.717, 1.165) is 17.7 Å². The number of benzene rings is 2. The van der Waals surface area contributed by atoms with Crippen LogP contribution in [0.3, 0.4) is 0 Å². The monoisotopic (exact) mass is 530 g/mol. The van der Waals surface area contributed by atoms with Crippen LogP contribution in [0.5, 0.6) is 17.2 Å². The minimum Gasteiger partial charge on any atom is -0.494 e. The first-order valence-electron chi connectivity index (χ1n) is 10.9. The van der Waals surface area contributed by atoms with Crippen LogP contribution < -0.4 is 24.4 Å². The highest BCUT2D eigenvalue weighted by molar-refractivity contribution is 9.10. The van der Waals surface area contributed by atoms with E-state index in [1.807, 2.05) is 13.8 Å². The van der Waals surface area contributed by atoms with Crippen LogP contribution in [-0.4, -0.2) is 37.7 Å². The predicted molar refractivity (Wildman–Crippen MR) is 132 cm³/mol. The second kappa shape index (κ2) is 11.2. The van der Waals surface area contributed by atoms with Gasteiger partial charge in [-0.15, -0.1) is 0 Å². The van der Waals surface area contributed by atoms with E-state index >= 15 is 0 Å². The minimum absolute atomic E-state index is 0.0805. The van der Waals surface area contributed by atoms with Crippen molar-refractivity contribution in [3.05, 3.63) is 52.0 Å². The number of barbiturate groups is 1. The number of urea groups is 1. The predicted octanol–water partition coefficient (Wildman–Crippen LogP) is 5.09. The smallest absolute Gasteiger partial charge is 0.335 e. The van der Waals surface area contributed by atoms with Gasteiger partial charge in [-0.05, 0) is 84.2 Å². The van der Waals surface area contributed by atoms with Crippen molar-refractivity contribution in [3.63, 3.8) is 0 Å². The molecule has 1 aliphatic heterocycles. The zero-order chi connectivity index (χ0) is 24.8. The third kappa shape index (κ3) is 5.77. The fraction of sp³-hybridized carbons (Fsp3) is 0.320. The summed E-state index contributed by atoms with van der Waals surface area (Å²) in [4.78, 5) is 39.1. The number of halogens is 1. The number of amides is 4. The normalized spacial score (nSPS) is 15.1. The fourth-order valence-corrected chi connectivity index (χ4v) is 3.81. The summed E-state index contributed by atoms with van der Waals surface area (Å²) in [5.41, 5.74) is 0.657. The molecule has 0 saturated carbocycles. The molecule has 180 valence electrons. The van der Waals surface area contributed by atoms with Gasteiger partial charge >= 0.3 is 6.03 Å². The Balaban J connectivity index is 1.91. The summed E-state index contributed by atoms with van der Waals surface area (Å²) in [5.74, 6) is 0.0752. The minimum atomic E-state index is -0.814. The second-order valence-electron chi connectivity index (χ2n) is 7.85. The van der Waals surface area contributed by atoms with Crippen molar-refractivity contribution in [1.82, 2.24) is 5.32 Å². The summed E-state index contributed by atoms with van der Waals surface area (Å²) in [5, 5.41) is 2.23. The molecular weight excluding hydrogens is 504 g/mol. The molecule has 2 aromatic rings. The number of ether oxygens (including phenoxy) is 3. The Labute approximate surface area is 207 Å². The number of anilines is 1. The molecule has 34 heavy (non-hydrogen) atoms. The van der Waals surface area contributed by atoms with Crippen LogP contribution in [0.4, 0.5) is 10.5 Å². The van der Waals surface area contributed by atoms with Crippen LogP contribution in [0.15, 0.2) is 46.4 Å². The third-order valence-corrected chi connectivity index (χ3v) is 5.47. The average molecular weight is 531 g/mol. The molecule has 0 spiro atoms. The van der Waals surface area contributed by atoms with Crippen LogP contribution in [0.2, 0.25) is 0 Å². The molecule has 0 radical (unpaired) electrons. The molecule has 0 unspecified atom stereocenters. The SMILES string of the molecule is CCCCOc1ccc(N2C(=O)NC(=O)/C(=C/c3cc(Br)c(OC(C)C)c(OC)c3)C2=O)cc1. The summed E-state index contributed by atoms with van der Waals surface area (Å²) in [7, 11) is 1.50. The van der Waals surface area contributed by atoms with Gasteiger partial charge < -0.3 is 14.2 Å². The number of nitrogens with one attached hydrogen (secondary N) is 1. The van der Waals surface area contributed by atoms with Crippen LogP contribution in [0, 0.1) is 0 Å². The number of rotatable bonds is 9. The van der Waals surface area contributed by atoms with Crippen molar-refractivity contribution in [2.45, 2.75) is 39.7 Å². The lowest BCUT2D eigenvalue weighted by Gasteiger charge is -2.26. The van der Waals surface area contributed by atoms with E-state index in [0.29, 0.717) is 39.6 Å². The van der Waals surface area contributed by atoms with E-state index in [1.54, 1.807) is 36.4 Å². The zero-order valence-electron chi connectivity index (χ0n) is 19.5. The lowest BCUT2D eigenvalue weighted by molar-refractivity contribution is -0.122. The van der Waals surface area contributed by atoms with E-state index in [1.165, 1.54) is 13.2 Å². The van der Waals surface area contributed by atoms with E-state index in [-0.39, 0.29) is 11.7 Å². The number of unbranched alkanes of at least 4 members (excludes halogenated alkanes) is 1. The Morgan fingerprint density at radius 1 is 1.12 bits per heavy atom. The van der Waals surface area contributed by atoms with Crippen LogP contribution >= 0.6 is 15.9 Å². The summed E-state index contributed by atoms with van der Waals surface area (Å²) in [6, 6.07) is 9.11. The molecule has 0 atom stereocenters. The van der Waals surface area contributed by atoms with Gasteiger partial charge in [-0.2, -0.15) is 0 Å². The van der Waals surface area contributed by atoms with Gasteiger partial charge in [0.25, 0.3) is 11.8 Å². The van der Waals surface area contributed by atoms with E-state index in [2.05, 4.69) is 28.2 Å². The van der Waals surface area contributed by atoms with E-state index in [9.17, 15) is 14.4 Å². The Hall–Kier alpha value is -3.33. The Morgan fingerprint density at radius 2 is 1.82 bits per heavy atom. The van der Waals surface area contributed by atoms with Gasteiger partial charge in [-0.25, -0.2) is 9.69 Å². The number of carbonyl (C=O) groups excluding carboxylic acids is 3. The molecule has 1 fully saturated rings. The van der Waals surface area contributed by atoms with E-state index in [4.69, 9.17) is 14.2 Å². The molecule has 2 aromatic carbocycles. The Kier molecular flexibility index (Phi) is 8.33. The van der Waals surface area contributed by atoms with Gasteiger partial charge in [0.05, 0.1) is 30.0 Å². The molecule has 1 aliphatic rings. The molecular formula is C25H27BrN2O6. The Morgan fingerprint density at radius 3 is 2.44 bits per heavy atom.